The smallest absolute Gasteiger partial charge is 0.358 e. The van der Waals surface area contributed by atoms with Crippen LogP contribution in [0.1, 0.15) is 0 Å². The third-order valence-electron chi connectivity index (χ3n) is 2.42. The Kier molecular flexibility index (Phi) is 2.63. The molecular weight excluding hydrogens is 273 g/mol. The third kappa shape index (κ3) is 1.91. The number of aryl methyl sites for hydroxylation is 1. The highest BCUT2D eigenvalue weighted by molar-refractivity contribution is 7.99. The van der Waals surface area contributed by atoms with Crippen molar-refractivity contribution >= 4 is 28.7 Å². The molecule has 0 fully saturated rings. The Hall–Kier alpha value is -2.49. The highest BCUT2D eigenvalue weighted by Crippen LogP contribution is 2.34. The number of H-pyrrole nitrogens is 1. The van der Waals surface area contributed by atoms with E-state index in [0.29, 0.717) is 21.2 Å². The molecule has 0 saturated heterocycles. The molecule has 0 saturated carbocycles. The summed E-state index contributed by atoms with van der Waals surface area (Å²) in [7, 11) is 1.69. The standard InChI is InChI=1S/C9H7N7O2S/c1-15-4-14-7(16(17)18)9(15)19-8-5-6(11-2-10-5)12-3-13-8/h2-4H,1H3,(H,10,11,12,13)/i1+1,4+1,7+1. The second-order valence-electron chi connectivity index (χ2n) is 3.62. The van der Waals surface area contributed by atoms with Gasteiger partial charge in [0.1, 0.15) is 16.9 Å². The Morgan fingerprint density at radius 1 is 1.37 bits per heavy atom. The van der Waals surface area contributed by atoms with Crippen LogP contribution < -0.4 is 0 Å². The fourth-order valence-electron chi connectivity index (χ4n) is 1.56. The second kappa shape index (κ2) is 4.31. The average molecular weight is 280 g/mol. The van der Waals surface area contributed by atoms with E-state index in [1.54, 1.807) is 11.6 Å². The van der Waals surface area contributed by atoms with Gasteiger partial charge in [-0.05, 0) is 21.7 Å². The quantitative estimate of drug-likeness (QED) is 0.331. The molecule has 3 rings (SSSR count). The molecule has 0 bridgehead atoms. The fourth-order valence-corrected chi connectivity index (χ4v) is 2.51. The summed E-state index contributed by atoms with van der Waals surface area (Å²) in [6.45, 7) is 0. The van der Waals surface area contributed by atoms with Gasteiger partial charge in [0.15, 0.2) is 10.7 Å². The normalized spacial score (nSPS) is 11.0. The van der Waals surface area contributed by atoms with Crippen molar-refractivity contribution < 1.29 is 4.92 Å². The molecule has 96 valence electrons. The zero-order valence-electron chi connectivity index (χ0n) is 9.64. The Bertz CT molecular complexity index is 765. The zero-order chi connectivity index (χ0) is 13.4. The molecule has 1 N–H and O–H groups in total. The number of aromatic nitrogens is 6. The van der Waals surface area contributed by atoms with Gasteiger partial charge in [0, 0.05) is 7.05 Å². The predicted molar refractivity (Wildman–Crippen MR) is 65.7 cm³/mol. The summed E-state index contributed by atoms with van der Waals surface area (Å²) in [6.07, 6.45) is 4.26. The molecule has 3 aromatic heterocycles. The van der Waals surface area contributed by atoms with Crippen molar-refractivity contribution in [1.29, 1.82) is 0 Å². The van der Waals surface area contributed by atoms with Crippen molar-refractivity contribution in [3.8, 4) is 0 Å². The van der Waals surface area contributed by atoms with Crippen LogP contribution >= 0.6 is 11.8 Å². The van der Waals surface area contributed by atoms with Gasteiger partial charge in [0.2, 0.25) is 6.33 Å². The lowest BCUT2D eigenvalue weighted by Gasteiger charge is -2.01. The second-order valence-corrected chi connectivity index (χ2v) is 4.60. The van der Waals surface area contributed by atoms with Crippen molar-refractivity contribution in [2.45, 2.75) is 10.1 Å². The first-order chi connectivity index (χ1) is 9.16. The van der Waals surface area contributed by atoms with Crippen molar-refractivity contribution in [1.82, 2.24) is 29.5 Å². The van der Waals surface area contributed by atoms with Gasteiger partial charge >= 0.3 is 5.82 Å². The number of aromatic amines is 1. The van der Waals surface area contributed by atoms with E-state index in [9.17, 15) is 10.1 Å². The van der Waals surface area contributed by atoms with Gasteiger partial charge in [0.05, 0.1) is 6.33 Å². The number of imidazole rings is 2. The van der Waals surface area contributed by atoms with Gasteiger partial charge in [-0.1, -0.05) is 0 Å². The molecule has 0 aliphatic heterocycles. The largest absolute Gasteiger partial charge is 0.396 e. The summed E-state index contributed by atoms with van der Waals surface area (Å²) in [5.74, 6) is -0.196. The first-order valence-corrected chi connectivity index (χ1v) is 5.96. The maximum atomic E-state index is 10.9. The summed E-state index contributed by atoms with van der Waals surface area (Å²) in [5, 5.41) is 11.9. The number of hydrogen-bond acceptors (Lipinski definition) is 7. The minimum Gasteiger partial charge on any atom is -0.358 e. The molecule has 3 heterocycles. The summed E-state index contributed by atoms with van der Waals surface area (Å²) < 4.78 is 1.58. The van der Waals surface area contributed by atoms with Crippen LogP contribution in [0, 0.1) is 10.1 Å². The number of fused-ring (bicyclic) bond motifs is 1. The maximum absolute atomic E-state index is 10.9. The van der Waals surface area contributed by atoms with E-state index in [1.807, 2.05) is 0 Å². The molecule has 0 aliphatic carbocycles. The number of nitro groups is 1. The minimum atomic E-state index is -0.520. The summed E-state index contributed by atoms with van der Waals surface area (Å²) >= 11 is 1.15. The number of rotatable bonds is 3. The topological polar surface area (TPSA) is 115 Å². The van der Waals surface area contributed by atoms with Crippen LogP contribution in [0.2, 0.25) is 0 Å². The molecular formula is C9H7N7O2S. The monoisotopic (exact) mass is 280 g/mol. The van der Waals surface area contributed by atoms with Gasteiger partial charge in [-0.3, -0.25) is 0 Å². The van der Waals surface area contributed by atoms with Crippen molar-refractivity contribution in [2.75, 3.05) is 0 Å². The van der Waals surface area contributed by atoms with E-state index in [1.165, 1.54) is 19.0 Å². The summed E-state index contributed by atoms with van der Waals surface area (Å²) in [5.41, 5.74) is 1.16. The van der Waals surface area contributed by atoms with Crippen LogP contribution in [-0.4, -0.2) is 34.4 Å². The lowest BCUT2D eigenvalue weighted by molar-refractivity contribution is -0.392. The SMILES string of the molecule is [13CH3]n1[13cH]n[13c]([N+](=O)[O-])c1Sc1ncnc2nc[nH]c12. The van der Waals surface area contributed by atoms with E-state index in [0.717, 1.165) is 11.8 Å². The van der Waals surface area contributed by atoms with Gasteiger partial charge < -0.3 is 19.7 Å². The Morgan fingerprint density at radius 2 is 2.21 bits per heavy atom. The molecule has 0 unspecified atom stereocenters. The molecule has 0 atom stereocenters. The van der Waals surface area contributed by atoms with E-state index in [-0.39, 0.29) is 5.82 Å². The maximum Gasteiger partial charge on any atom is 0.396 e. The molecule has 19 heavy (non-hydrogen) atoms. The lowest BCUT2D eigenvalue weighted by atomic mass is 10.6. The highest BCUT2D eigenvalue weighted by atomic mass is 32.2. The van der Waals surface area contributed by atoms with Gasteiger partial charge in [-0.2, -0.15) is 0 Å². The molecule has 0 spiro atoms. The first-order valence-electron chi connectivity index (χ1n) is 5.14. The van der Waals surface area contributed by atoms with E-state index < -0.39 is 4.92 Å². The van der Waals surface area contributed by atoms with Crippen LogP contribution in [0.5, 0.6) is 0 Å². The first kappa shape index (κ1) is 11.6. The summed E-state index contributed by atoms with van der Waals surface area (Å²) in [4.78, 5) is 29.2. The summed E-state index contributed by atoms with van der Waals surface area (Å²) in [6, 6.07) is 0. The van der Waals surface area contributed by atoms with Gasteiger partial charge in [0.25, 0.3) is 0 Å². The highest BCUT2D eigenvalue weighted by Gasteiger charge is 2.22. The van der Waals surface area contributed by atoms with Crippen LogP contribution in [0.3, 0.4) is 0 Å². The van der Waals surface area contributed by atoms with E-state index >= 15 is 0 Å². The molecule has 0 aromatic carbocycles. The Labute approximate surface area is 110 Å². The molecule has 0 radical (unpaired) electrons. The van der Waals surface area contributed by atoms with Gasteiger partial charge in [-0.15, -0.1) is 0 Å². The number of nitrogens with zero attached hydrogens (tertiary/aromatic N) is 6. The van der Waals surface area contributed by atoms with Crippen molar-refractivity contribution in [3.05, 3.63) is 29.1 Å². The van der Waals surface area contributed by atoms with E-state index in [4.69, 9.17) is 0 Å². The van der Waals surface area contributed by atoms with Crippen LogP contribution in [-0.2, 0) is 7.05 Å². The zero-order valence-corrected chi connectivity index (χ0v) is 10.5. The fraction of sp³-hybridized carbons (Fsp3) is 0.111. The number of nitrogens with one attached hydrogen (secondary N) is 1. The Balaban J connectivity index is 2.08. The van der Waals surface area contributed by atoms with Crippen LogP contribution in [0.25, 0.3) is 11.2 Å². The van der Waals surface area contributed by atoms with Gasteiger partial charge in [-0.25, -0.2) is 15.0 Å². The van der Waals surface area contributed by atoms with Crippen molar-refractivity contribution in [3.63, 3.8) is 0 Å². The van der Waals surface area contributed by atoms with Crippen LogP contribution in [0.15, 0.2) is 29.0 Å². The van der Waals surface area contributed by atoms with Crippen molar-refractivity contribution in [2.24, 2.45) is 7.05 Å². The van der Waals surface area contributed by atoms with E-state index in [2.05, 4.69) is 24.9 Å². The average Bonchev–Trinajstić information content (AvgIpc) is 2.97. The molecule has 0 aliphatic rings. The molecule has 10 heteroatoms. The lowest BCUT2D eigenvalue weighted by Crippen LogP contribution is -1.95. The molecule has 9 nitrogen and oxygen atoms in total. The molecule has 0 amide bonds. The number of hydrogen-bond donors (Lipinski definition) is 1. The molecule has 3 aromatic rings. The predicted octanol–water partition coefficient (Wildman–Crippen LogP) is 1.15. The third-order valence-corrected chi connectivity index (χ3v) is 3.59. The minimum absolute atomic E-state index is 0.196. The Morgan fingerprint density at radius 3 is 3.00 bits per heavy atom. The van der Waals surface area contributed by atoms with Crippen LogP contribution in [0.4, 0.5) is 5.82 Å².